The van der Waals surface area contributed by atoms with Gasteiger partial charge in [0.05, 0.1) is 11.3 Å². The number of fused-ring (bicyclic) bond motifs is 4. The molecule has 4 heterocycles. The van der Waals surface area contributed by atoms with Gasteiger partial charge in [-0.25, -0.2) is 4.98 Å². The zero-order valence-corrected chi connectivity index (χ0v) is 23.7. The van der Waals surface area contributed by atoms with Gasteiger partial charge in [0.15, 0.2) is 5.78 Å². The van der Waals surface area contributed by atoms with Crippen molar-refractivity contribution in [2.45, 2.75) is 27.7 Å². The number of hydrogen-bond acceptors (Lipinski definition) is 6. The molecule has 0 bridgehead atoms. The van der Waals surface area contributed by atoms with Crippen LogP contribution in [0.5, 0.6) is 0 Å². The van der Waals surface area contributed by atoms with E-state index < -0.39 is 0 Å². The van der Waals surface area contributed by atoms with Gasteiger partial charge in [-0.05, 0) is 51.6 Å². The number of aliphatic hydroxyl groups excluding tert-OH is 1. The Balaban J connectivity index is 0.000000375. The molecular weight excluding hydrogens is 657 g/mol. The van der Waals surface area contributed by atoms with Crippen molar-refractivity contribution in [1.82, 2.24) is 9.97 Å². The summed E-state index contributed by atoms with van der Waals surface area (Å²) in [6.45, 7) is 6.88. The number of carbonyl (C=O) groups is 1. The summed E-state index contributed by atoms with van der Waals surface area (Å²) in [6.07, 6.45) is 1.17. The molecule has 0 amide bonds. The Morgan fingerprint density at radius 2 is 1.66 bits per heavy atom. The first-order chi connectivity index (χ1) is 17.8. The zero-order chi connectivity index (χ0) is 26.1. The predicted molar refractivity (Wildman–Crippen MR) is 145 cm³/mol. The van der Waals surface area contributed by atoms with E-state index in [1.165, 1.54) is 25.5 Å². The van der Waals surface area contributed by atoms with Gasteiger partial charge in [0.2, 0.25) is 11.4 Å². The molecule has 0 spiro atoms. The van der Waals surface area contributed by atoms with E-state index in [-0.39, 0.29) is 31.6 Å². The van der Waals surface area contributed by atoms with Crippen LogP contribution in [0.2, 0.25) is 0 Å². The average molecular weight is 682 g/mol. The van der Waals surface area contributed by atoms with Crippen molar-refractivity contribution < 1.29 is 38.8 Å². The summed E-state index contributed by atoms with van der Waals surface area (Å²) in [5, 5.41) is 11.3. The summed E-state index contributed by atoms with van der Waals surface area (Å²) < 4.78 is 12.2. The van der Waals surface area contributed by atoms with E-state index in [1.54, 1.807) is 0 Å². The van der Waals surface area contributed by atoms with E-state index in [1.807, 2.05) is 49.4 Å². The van der Waals surface area contributed by atoms with Crippen molar-refractivity contribution in [3.63, 3.8) is 0 Å². The molecule has 0 fully saturated rings. The summed E-state index contributed by atoms with van der Waals surface area (Å²) in [5.74, 6) is 0.743. The number of furan rings is 2. The van der Waals surface area contributed by atoms with Crippen LogP contribution in [0, 0.1) is 19.9 Å². The second kappa shape index (κ2) is 11.1. The van der Waals surface area contributed by atoms with E-state index in [0.29, 0.717) is 11.4 Å². The standard InChI is InChI=1S/C26H17N2O2.C5H8O2.Ir/c1-15-6-9-17(10-7-15)23-14-18-11-13-22(28-25(18)29-23)21-5-3-4-19-20-12-8-16(2)27-26(20)30-24(19)21;1-4(6)3-5(2)7;/h3-4,6-14H,1-2H3;3,6H,1-2H3;/q-1;;/b;4-3-;. The van der Waals surface area contributed by atoms with Gasteiger partial charge in [0.25, 0.3) is 0 Å². The number of pyridine rings is 2. The number of benzene rings is 2. The number of nitrogens with zero attached hydrogens (tertiary/aromatic N) is 2. The Morgan fingerprint density at radius 3 is 2.34 bits per heavy atom. The van der Waals surface area contributed by atoms with Gasteiger partial charge in [-0.15, -0.1) is 18.2 Å². The van der Waals surface area contributed by atoms with Crippen molar-refractivity contribution in [1.29, 1.82) is 0 Å². The van der Waals surface area contributed by atoms with Crippen molar-refractivity contribution >= 4 is 39.0 Å². The van der Waals surface area contributed by atoms with E-state index in [4.69, 9.17) is 18.9 Å². The van der Waals surface area contributed by atoms with Crippen LogP contribution >= 0.6 is 0 Å². The fourth-order valence-electron chi connectivity index (χ4n) is 4.12. The molecule has 2 aromatic carbocycles. The summed E-state index contributed by atoms with van der Waals surface area (Å²) >= 11 is 0. The first kappa shape index (κ1) is 27.0. The molecule has 0 unspecified atom stereocenters. The summed E-state index contributed by atoms with van der Waals surface area (Å²) in [7, 11) is 0. The number of allylic oxidation sites excluding steroid dienone is 2. The Morgan fingerprint density at radius 1 is 0.895 bits per heavy atom. The quantitative estimate of drug-likeness (QED) is 0.116. The van der Waals surface area contributed by atoms with Crippen molar-refractivity contribution in [3.05, 3.63) is 95.9 Å². The normalized spacial score (nSPS) is 11.3. The summed E-state index contributed by atoms with van der Waals surface area (Å²) in [4.78, 5) is 19.3. The van der Waals surface area contributed by atoms with Crippen LogP contribution in [0.1, 0.15) is 25.1 Å². The van der Waals surface area contributed by atoms with Crippen LogP contribution in [0.25, 0.3) is 55.7 Å². The molecule has 6 nitrogen and oxygen atoms in total. The van der Waals surface area contributed by atoms with Gasteiger partial charge in [-0.2, -0.15) is 0 Å². The number of rotatable bonds is 3. The van der Waals surface area contributed by atoms with Gasteiger partial charge in [-0.1, -0.05) is 52.9 Å². The molecular formula is C31H25IrN2O4-. The second-order valence-electron chi connectivity index (χ2n) is 8.97. The topological polar surface area (TPSA) is 89.4 Å². The molecule has 193 valence electrons. The van der Waals surface area contributed by atoms with Crippen LogP contribution in [0.3, 0.4) is 0 Å². The minimum Gasteiger partial charge on any atom is -0.512 e. The Bertz CT molecular complexity index is 1790. The van der Waals surface area contributed by atoms with Crippen LogP contribution in [-0.2, 0) is 24.9 Å². The molecule has 0 aliphatic heterocycles. The molecule has 0 aliphatic rings. The molecule has 7 heteroatoms. The smallest absolute Gasteiger partial charge is 0.217 e. The summed E-state index contributed by atoms with van der Waals surface area (Å²) in [6, 6.07) is 25.5. The maximum Gasteiger partial charge on any atom is 0.217 e. The van der Waals surface area contributed by atoms with Gasteiger partial charge < -0.3 is 13.9 Å². The zero-order valence-electron chi connectivity index (χ0n) is 21.3. The molecule has 6 rings (SSSR count). The van der Waals surface area contributed by atoms with E-state index >= 15 is 0 Å². The van der Waals surface area contributed by atoms with Crippen LogP contribution in [0.4, 0.5) is 0 Å². The molecule has 1 N–H and O–H groups in total. The monoisotopic (exact) mass is 682 g/mol. The van der Waals surface area contributed by atoms with E-state index in [9.17, 15) is 4.79 Å². The fourth-order valence-corrected chi connectivity index (χ4v) is 4.12. The van der Waals surface area contributed by atoms with E-state index in [0.717, 1.165) is 50.0 Å². The third-order valence-electron chi connectivity index (χ3n) is 5.83. The Labute approximate surface area is 233 Å². The number of aryl methyl sites for hydroxylation is 2. The third-order valence-corrected chi connectivity index (χ3v) is 5.83. The number of ketones is 1. The first-order valence-electron chi connectivity index (χ1n) is 11.8. The Kier molecular flexibility index (Phi) is 7.91. The SMILES string of the molecule is CC(=O)/C=C(/C)O.Cc1ccc(-c2cc3ccc(-c4[c-]ccc5c4oc4nc(C)ccc45)nc3o2)cc1.[Ir]. The number of aliphatic hydroxyl groups is 1. The van der Waals surface area contributed by atoms with Crippen LogP contribution < -0.4 is 0 Å². The largest absolute Gasteiger partial charge is 0.512 e. The Hall–Kier alpha value is -4.06. The molecule has 1 radical (unpaired) electrons. The summed E-state index contributed by atoms with van der Waals surface area (Å²) in [5.41, 5.74) is 6.70. The van der Waals surface area contributed by atoms with Gasteiger partial charge in [0.1, 0.15) is 5.76 Å². The molecule has 0 saturated carbocycles. The molecule has 38 heavy (non-hydrogen) atoms. The van der Waals surface area contributed by atoms with Crippen molar-refractivity contribution in [3.8, 4) is 22.6 Å². The van der Waals surface area contributed by atoms with Gasteiger partial charge in [0, 0.05) is 48.2 Å². The minimum absolute atomic E-state index is 0. The van der Waals surface area contributed by atoms with E-state index in [2.05, 4.69) is 42.2 Å². The average Bonchev–Trinajstić information content (AvgIpc) is 3.44. The molecule has 6 aromatic rings. The molecule has 0 atom stereocenters. The number of carbonyl (C=O) groups excluding carboxylic acids is 1. The molecule has 0 saturated heterocycles. The molecule has 0 aliphatic carbocycles. The number of hydrogen-bond donors (Lipinski definition) is 1. The minimum atomic E-state index is -0.125. The molecule has 4 aromatic heterocycles. The van der Waals surface area contributed by atoms with Gasteiger partial charge >= 0.3 is 0 Å². The fraction of sp³-hybridized carbons (Fsp3) is 0.129. The van der Waals surface area contributed by atoms with Crippen LogP contribution in [-0.4, -0.2) is 20.9 Å². The first-order valence-corrected chi connectivity index (χ1v) is 11.8. The maximum absolute atomic E-state index is 10.0. The van der Waals surface area contributed by atoms with Crippen molar-refractivity contribution in [2.24, 2.45) is 0 Å². The third kappa shape index (κ3) is 5.59. The maximum atomic E-state index is 10.0. The number of aromatic nitrogens is 2. The second-order valence-corrected chi connectivity index (χ2v) is 8.97. The van der Waals surface area contributed by atoms with Gasteiger partial charge in [-0.3, -0.25) is 9.78 Å². The van der Waals surface area contributed by atoms with Crippen LogP contribution in [0.15, 0.2) is 87.4 Å². The predicted octanol–water partition coefficient (Wildman–Crippen LogP) is 7.91. The van der Waals surface area contributed by atoms with Crippen molar-refractivity contribution in [2.75, 3.05) is 0 Å².